The summed E-state index contributed by atoms with van der Waals surface area (Å²) >= 11 is 0. The summed E-state index contributed by atoms with van der Waals surface area (Å²) in [6.07, 6.45) is 0.557. The molecule has 0 bridgehead atoms. The second-order valence-electron chi connectivity index (χ2n) is 6.68. The van der Waals surface area contributed by atoms with Crippen LogP contribution in [0.5, 0.6) is 11.5 Å². The Labute approximate surface area is 164 Å². The molecule has 148 valence electrons. The van der Waals surface area contributed by atoms with Gasteiger partial charge in [-0.15, -0.1) is 0 Å². The molecule has 0 radical (unpaired) electrons. The third-order valence-electron chi connectivity index (χ3n) is 4.99. The van der Waals surface area contributed by atoms with Gasteiger partial charge in [0.1, 0.15) is 6.54 Å². The van der Waals surface area contributed by atoms with Crippen molar-refractivity contribution in [3.8, 4) is 11.5 Å². The smallest absolute Gasteiger partial charge is 0.365 e. The van der Waals surface area contributed by atoms with E-state index in [1.54, 1.807) is 32.4 Å². The Bertz CT molecular complexity index is 868. The summed E-state index contributed by atoms with van der Waals surface area (Å²) < 4.78 is 15.4. The number of rotatable bonds is 6. The summed E-state index contributed by atoms with van der Waals surface area (Å²) in [5.74, 6) is 0.635. The van der Waals surface area contributed by atoms with Crippen molar-refractivity contribution in [1.29, 1.82) is 0 Å². The Balaban J connectivity index is 1.73. The second kappa shape index (κ2) is 8.75. The normalized spacial score (nSPS) is 18.0. The van der Waals surface area contributed by atoms with Gasteiger partial charge in [-0.3, -0.25) is 4.79 Å². The maximum absolute atomic E-state index is 12.6. The van der Waals surface area contributed by atoms with Gasteiger partial charge in [-0.05, 0) is 17.7 Å². The van der Waals surface area contributed by atoms with Crippen molar-refractivity contribution in [1.82, 2.24) is 0 Å². The summed E-state index contributed by atoms with van der Waals surface area (Å²) in [6, 6.07) is 12.8. The molecule has 28 heavy (non-hydrogen) atoms. The fraction of sp³-hybridized carbons (Fsp3) is 0.333. The van der Waals surface area contributed by atoms with Crippen molar-refractivity contribution in [2.75, 3.05) is 33.2 Å². The zero-order valence-corrected chi connectivity index (χ0v) is 16.3. The van der Waals surface area contributed by atoms with E-state index in [-0.39, 0.29) is 18.4 Å². The predicted octanol–water partition coefficient (Wildman–Crippen LogP) is 0.825. The van der Waals surface area contributed by atoms with Gasteiger partial charge < -0.3 is 24.4 Å². The third kappa shape index (κ3) is 4.26. The van der Waals surface area contributed by atoms with Crippen LogP contribution in [0.25, 0.3) is 0 Å². The summed E-state index contributed by atoms with van der Waals surface area (Å²) in [7, 11) is 4.48. The predicted molar refractivity (Wildman–Crippen MR) is 104 cm³/mol. The number of hydrogen-bond acceptors (Lipinski definition) is 5. The highest BCUT2D eigenvalue weighted by Crippen LogP contribution is 2.29. The van der Waals surface area contributed by atoms with Crippen molar-refractivity contribution >= 4 is 17.6 Å². The zero-order valence-electron chi connectivity index (χ0n) is 16.3. The number of ether oxygens (including phenoxy) is 3. The number of carbonyl (C=O) groups excluding carboxylic acids is 2. The highest BCUT2D eigenvalue weighted by Gasteiger charge is 2.37. The molecule has 2 aromatic carbocycles. The molecule has 1 unspecified atom stereocenters. The lowest BCUT2D eigenvalue weighted by Gasteiger charge is -2.31. The van der Waals surface area contributed by atoms with Crippen molar-refractivity contribution in [3.63, 3.8) is 0 Å². The first-order chi connectivity index (χ1) is 13.5. The van der Waals surface area contributed by atoms with Crippen LogP contribution in [0.3, 0.4) is 0 Å². The highest BCUT2D eigenvalue weighted by molar-refractivity contribution is 5.92. The first-order valence-electron chi connectivity index (χ1n) is 9.06. The Morgan fingerprint density at radius 3 is 2.43 bits per heavy atom. The molecule has 0 aliphatic carbocycles. The molecule has 1 aliphatic heterocycles. The molecule has 0 fully saturated rings. The number of esters is 1. The Hall–Kier alpha value is -3.06. The molecule has 1 amide bonds. The fourth-order valence-corrected chi connectivity index (χ4v) is 3.56. The number of fused-ring (bicyclic) bond motifs is 1. The van der Waals surface area contributed by atoms with Crippen LogP contribution in [0.15, 0.2) is 42.5 Å². The number of benzene rings is 2. The summed E-state index contributed by atoms with van der Waals surface area (Å²) in [6.45, 7) is 0.748. The lowest BCUT2D eigenvalue weighted by atomic mass is 9.94. The van der Waals surface area contributed by atoms with Crippen LogP contribution >= 0.6 is 0 Å². The molecular formula is C21H25N2O5+. The van der Waals surface area contributed by atoms with Gasteiger partial charge in [0.25, 0.3) is 5.91 Å². The standard InChI is InChI=1S/C21H24N2O5/c1-26-18-9-8-16(11-19(18)27-2)22-20(24)13-23-12-15-7-5-4-6-14(15)10-17(23)21(25)28-3/h4-9,11,17H,10,12-13H2,1-3H3,(H,22,24)/p+1/t17-/m0/s1. The molecule has 1 aliphatic rings. The molecular weight excluding hydrogens is 360 g/mol. The van der Waals surface area contributed by atoms with Gasteiger partial charge in [0.05, 0.1) is 21.3 Å². The van der Waals surface area contributed by atoms with E-state index in [2.05, 4.69) is 5.32 Å². The number of carbonyl (C=O) groups is 2. The van der Waals surface area contributed by atoms with Gasteiger partial charge in [0.2, 0.25) is 0 Å². The maximum atomic E-state index is 12.6. The minimum Gasteiger partial charge on any atom is -0.493 e. The van der Waals surface area contributed by atoms with Gasteiger partial charge in [0.15, 0.2) is 24.1 Å². The molecule has 0 saturated heterocycles. The molecule has 7 nitrogen and oxygen atoms in total. The first-order valence-corrected chi connectivity index (χ1v) is 9.06. The van der Waals surface area contributed by atoms with Crippen LogP contribution in [0.2, 0.25) is 0 Å². The van der Waals surface area contributed by atoms with Crippen molar-refractivity contribution in [2.45, 2.75) is 19.0 Å². The molecule has 0 saturated carbocycles. The number of nitrogens with one attached hydrogen (secondary N) is 2. The minimum atomic E-state index is -0.406. The fourth-order valence-electron chi connectivity index (χ4n) is 3.56. The van der Waals surface area contributed by atoms with Gasteiger partial charge in [-0.2, -0.15) is 0 Å². The van der Waals surface area contributed by atoms with E-state index in [1.165, 1.54) is 7.11 Å². The van der Waals surface area contributed by atoms with Crippen LogP contribution < -0.4 is 19.7 Å². The van der Waals surface area contributed by atoms with Crippen LogP contribution in [-0.2, 0) is 27.3 Å². The van der Waals surface area contributed by atoms with E-state index >= 15 is 0 Å². The third-order valence-corrected chi connectivity index (χ3v) is 4.99. The Kier molecular flexibility index (Phi) is 6.16. The molecule has 2 aromatic rings. The van der Waals surface area contributed by atoms with E-state index in [0.717, 1.165) is 16.0 Å². The SMILES string of the molecule is COC(=O)[C@@H]1Cc2ccccc2C[NH+]1CC(=O)Nc1ccc(OC)c(OC)c1. The largest absolute Gasteiger partial charge is 0.493 e. The molecule has 2 atom stereocenters. The lowest BCUT2D eigenvalue weighted by Crippen LogP contribution is -3.17. The molecule has 1 heterocycles. The average molecular weight is 385 g/mol. The van der Waals surface area contributed by atoms with E-state index in [9.17, 15) is 9.59 Å². The second-order valence-corrected chi connectivity index (χ2v) is 6.68. The van der Waals surface area contributed by atoms with Crippen LogP contribution in [-0.4, -0.2) is 45.8 Å². The first kappa shape index (κ1) is 19.7. The molecule has 7 heteroatoms. The van der Waals surface area contributed by atoms with Crippen LogP contribution in [0.1, 0.15) is 11.1 Å². The summed E-state index contributed by atoms with van der Waals surface area (Å²) in [4.78, 5) is 25.8. The lowest BCUT2D eigenvalue weighted by molar-refractivity contribution is -0.924. The summed E-state index contributed by atoms with van der Waals surface area (Å²) in [5.41, 5.74) is 2.88. The Morgan fingerprint density at radius 1 is 1.04 bits per heavy atom. The van der Waals surface area contributed by atoms with E-state index in [0.29, 0.717) is 30.2 Å². The average Bonchev–Trinajstić information content (AvgIpc) is 2.72. The molecule has 3 rings (SSSR count). The minimum absolute atomic E-state index is 0.155. The van der Waals surface area contributed by atoms with Crippen molar-refractivity contribution < 1.29 is 28.7 Å². The quantitative estimate of drug-likeness (QED) is 0.720. The zero-order chi connectivity index (χ0) is 20.1. The number of quaternary nitrogens is 1. The maximum Gasteiger partial charge on any atom is 0.365 e. The van der Waals surface area contributed by atoms with Gasteiger partial charge in [-0.1, -0.05) is 24.3 Å². The molecule has 2 N–H and O–H groups in total. The van der Waals surface area contributed by atoms with Crippen LogP contribution in [0.4, 0.5) is 5.69 Å². The topological polar surface area (TPSA) is 78.3 Å². The number of methoxy groups -OCH3 is 3. The van der Waals surface area contributed by atoms with Crippen LogP contribution in [0, 0.1) is 0 Å². The Morgan fingerprint density at radius 2 is 1.75 bits per heavy atom. The highest BCUT2D eigenvalue weighted by atomic mass is 16.5. The monoisotopic (exact) mass is 385 g/mol. The number of amides is 1. The summed E-state index contributed by atoms with van der Waals surface area (Å²) in [5, 5.41) is 2.87. The van der Waals surface area contributed by atoms with Crippen molar-refractivity contribution in [3.05, 3.63) is 53.6 Å². The van der Waals surface area contributed by atoms with E-state index in [1.807, 2.05) is 24.3 Å². The van der Waals surface area contributed by atoms with Crippen molar-refractivity contribution in [2.24, 2.45) is 0 Å². The van der Waals surface area contributed by atoms with Gasteiger partial charge in [-0.25, -0.2) is 4.79 Å². The molecule has 0 spiro atoms. The number of hydrogen-bond donors (Lipinski definition) is 2. The van der Waals surface area contributed by atoms with E-state index in [4.69, 9.17) is 14.2 Å². The van der Waals surface area contributed by atoms with Gasteiger partial charge in [0, 0.05) is 23.7 Å². The molecule has 0 aromatic heterocycles. The van der Waals surface area contributed by atoms with Gasteiger partial charge >= 0.3 is 5.97 Å². The van der Waals surface area contributed by atoms with E-state index < -0.39 is 6.04 Å². The number of anilines is 1.